The Morgan fingerprint density at radius 1 is 1.69 bits per heavy atom. The van der Waals surface area contributed by atoms with E-state index in [1.165, 1.54) is 6.08 Å². The van der Waals surface area contributed by atoms with Crippen molar-refractivity contribution >= 4 is 39.2 Å². The Labute approximate surface area is 108 Å². The van der Waals surface area contributed by atoms with Gasteiger partial charge in [-0.25, -0.2) is 0 Å². The van der Waals surface area contributed by atoms with Gasteiger partial charge in [0.2, 0.25) is 5.91 Å². The van der Waals surface area contributed by atoms with Gasteiger partial charge in [-0.05, 0) is 41.1 Å². The molecule has 0 aliphatic rings. The number of halogens is 1. The molecule has 0 fully saturated rings. The summed E-state index contributed by atoms with van der Waals surface area (Å²) in [6.07, 6.45) is 3.33. The van der Waals surface area contributed by atoms with Gasteiger partial charge in [0, 0.05) is 24.1 Å². The Kier molecular flexibility index (Phi) is 5.73. The second kappa shape index (κ2) is 6.83. The van der Waals surface area contributed by atoms with Crippen molar-refractivity contribution in [2.24, 2.45) is 0 Å². The molecule has 1 rings (SSSR count). The van der Waals surface area contributed by atoms with E-state index >= 15 is 0 Å². The van der Waals surface area contributed by atoms with Gasteiger partial charge in [-0.3, -0.25) is 4.79 Å². The summed E-state index contributed by atoms with van der Waals surface area (Å²) < 4.78 is 5.98. The molecule has 1 amide bonds. The average molecular weight is 304 g/mol. The molecule has 0 spiro atoms. The van der Waals surface area contributed by atoms with E-state index in [1.807, 2.05) is 19.1 Å². The summed E-state index contributed by atoms with van der Waals surface area (Å²) in [6.45, 7) is 2.42. The number of carbonyl (C=O) groups excluding carboxylic acids is 1. The first kappa shape index (κ1) is 13.4. The molecule has 88 valence electrons. The second-order valence-corrected chi connectivity index (χ2v) is 5.83. The van der Waals surface area contributed by atoms with Gasteiger partial charge in [0.15, 0.2) is 0 Å². The lowest BCUT2D eigenvalue weighted by atomic mass is 10.3. The molecular formula is C11H14BrNO2S. The van der Waals surface area contributed by atoms with Crippen LogP contribution in [-0.4, -0.2) is 25.7 Å². The SMILES string of the molecule is COCC(C)NC(=O)C=Cc1ccc(Br)s1. The largest absolute Gasteiger partial charge is 0.383 e. The van der Waals surface area contributed by atoms with Crippen molar-refractivity contribution in [2.75, 3.05) is 13.7 Å². The number of nitrogens with one attached hydrogen (secondary N) is 1. The predicted molar refractivity (Wildman–Crippen MR) is 70.5 cm³/mol. The third-order valence-electron chi connectivity index (χ3n) is 1.80. The molecular weight excluding hydrogens is 290 g/mol. The number of hydrogen-bond acceptors (Lipinski definition) is 3. The molecule has 1 aromatic heterocycles. The Hall–Kier alpha value is -0.650. The fraction of sp³-hybridized carbons (Fsp3) is 0.364. The number of carbonyl (C=O) groups is 1. The van der Waals surface area contributed by atoms with Crippen LogP contribution in [0.4, 0.5) is 0 Å². The van der Waals surface area contributed by atoms with Gasteiger partial charge in [-0.2, -0.15) is 0 Å². The Morgan fingerprint density at radius 2 is 2.44 bits per heavy atom. The highest BCUT2D eigenvalue weighted by atomic mass is 79.9. The van der Waals surface area contributed by atoms with Crippen LogP contribution in [0.2, 0.25) is 0 Å². The molecule has 3 nitrogen and oxygen atoms in total. The van der Waals surface area contributed by atoms with E-state index in [0.717, 1.165) is 8.66 Å². The summed E-state index contributed by atoms with van der Waals surface area (Å²) in [7, 11) is 1.61. The maximum absolute atomic E-state index is 11.4. The minimum Gasteiger partial charge on any atom is -0.383 e. The lowest BCUT2D eigenvalue weighted by Gasteiger charge is -2.10. The van der Waals surface area contributed by atoms with Gasteiger partial charge >= 0.3 is 0 Å². The summed E-state index contributed by atoms with van der Waals surface area (Å²) in [4.78, 5) is 12.5. The van der Waals surface area contributed by atoms with Crippen LogP contribution in [0.1, 0.15) is 11.8 Å². The van der Waals surface area contributed by atoms with E-state index < -0.39 is 0 Å². The van der Waals surface area contributed by atoms with Gasteiger partial charge in [-0.15, -0.1) is 11.3 Å². The molecule has 1 heterocycles. The minimum atomic E-state index is -0.103. The maximum atomic E-state index is 11.4. The summed E-state index contributed by atoms with van der Waals surface area (Å²) in [5.41, 5.74) is 0. The molecule has 1 N–H and O–H groups in total. The van der Waals surface area contributed by atoms with Crippen LogP contribution in [0.25, 0.3) is 6.08 Å². The molecule has 1 unspecified atom stereocenters. The van der Waals surface area contributed by atoms with Crippen LogP contribution >= 0.6 is 27.3 Å². The number of rotatable bonds is 5. The van der Waals surface area contributed by atoms with Gasteiger partial charge in [-0.1, -0.05) is 0 Å². The zero-order chi connectivity index (χ0) is 12.0. The molecule has 16 heavy (non-hydrogen) atoms. The highest BCUT2D eigenvalue weighted by Gasteiger charge is 2.03. The summed E-state index contributed by atoms with van der Waals surface area (Å²) in [5.74, 6) is -0.103. The van der Waals surface area contributed by atoms with E-state index in [0.29, 0.717) is 6.61 Å². The third kappa shape index (κ3) is 4.92. The Morgan fingerprint density at radius 3 is 3.00 bits per heavy atom. The lowest BCUT2D eigenvalue weighted by Crippen LogP contribution is -2.34. The fourth-order valence-corrected chi connectivity index (χ4v) is 2.48. The molecule has 0 aliphatic carbocycles. The second-order valence-electron chi connectivity index (χ2n) is 3.34. The molecule has 0 aromatic carbocycles. The first-order chi connectivity index (χ1) is 7.61. The van der Waals surface area contributed by atoms with Gasteiger partial charge in [0.05, 0.1) is 10.4 Å². The van der Waals surface area contributed by atoms with Crippen molar-refractivity contribution in [3.63, 3.8) is 0 Å². The van der Waals surface area contributed by atoms with E-state index in [4.69, 9.17) is 4.74 Å². The smallest absolute Gasteiger partial charge is 0.244 e. The van der Waals surface area contributed by atoms with Crippen molar-refractivity contribution in [3.8, 4) is 0 Å². The molecule has 0 saturated heterocycles. The van der Waals surface area contributed by atoms with Crippen molar-refractivity contribution in [2.45, 2.75) is 13.0 Å². The zero-order valence-corrected chi connectivity index (χ0v) is 11.6. The zero-order valence-electron chi connectivity index (χ0n) is 9.20. The normalized spacial score (nSPS) is 12.9. The standard InChI is InChI=1S/C11H14BrNO2S/c1-8(7-15-2)13-11(14)6-4-9-3-5-10(12)16-9/h3-6,8H,7H2,1-2H3,(H,13,14). The Bertz CT molecular complexity index is 376. The third-order valence-corrected chi connectivity index (χ3v) is 3.39. The lowest BCUT2D eigenvalue weighted by molar-refractivity contribution is -0.117. The topological polar surface area (TPSA) is 38.3 Å². The highest BCUT2D eigenvalue weighted by Crippen LogP contribution is 2.22. The van der Waals surface area contributed by atoms with Crippen LogP contribution in [0.3, 0.4) is 0 Å². The molecule has 1 aromatic rings. The molecule has 0 aliphatic heterocycles. The van der Waals surface area contributed by atoms with E-state index in [1.54, 1.807) is 24.5 Å². The van der Waals surface area contributed by atoms with Crippen LogP contribution < -0.4 is 5.32 Å². The number of amides is 1. The molecule has 5 heteroatoms. The summed E-state index contributed by atoms with van der Waals surface area (Å²) in [5, 5.41) is 2.80. The minimum absolute atomic E-state index is 0.0252. The first-order valence-electron chi connectivity index (χ1n) is 4.84. The molecule has 1 atom stereocenters. The quantitative estimate of drug-likeness (QED) is 0.849. The number of methoxy groups -OCH3 is 1. The molecule has 0 bridgehead atoms. The number of hydrogen-bond donors (Lipinski definition) is 1. The van der Waals surface area contributed by atoms with Crippen LogP contribution in [0.5, 0.6) is 0 Å². The summed E-state index contributed by atoms with van der Waals surface area (Å²) in [6, 6.07) is 3.93. The van der Waals surface area contributed by atoms with Gasteiger partial charge < -0.3 is 10.1 Å². The Balaban J connectivity index is 2.42. The number of ether oxygens (including phenoxy) is 1. The first-order valence-corrected chi connectivity index (χ1v) is 6.45. The van der Waals surface area contributed by atoms with Gasteiger partial charge in [0.1, 0.15) is 0 Å². The van der Waals surface area contributed by atoms with E-state index in [-0.39, 0.29) is 11.9 Å². The maximum Gasteiger partial charge on any atom is 0.244 e. The van der Waals surface area contributed by atoms with Crippen molar-refractivity contribution < 1.29 is 9.53 Å². The van der Waals surface area contributed by atoms with E-state index in [9.17, 15) is 4.79 Å². The summed E-state index contributed by atoms with van der Waals surface area (Å²) >= 11 is 4.95. The molecule has 0 saturated carbocycles. The van der Waals surface area contributed by atoms with Crippen molar-refractivity contribution in [1.82, 2.24) is 5.32 Å². The van der Waals surface area contributed by atoms with E-state index in [2.05, 4.69) is 21.2 Å². The van der Waals surface area contributed by atoms with Gasteiger partial charge in [0.25, 0.3) is 0 Å². The van der Waals surface area contributed by atoms with Crippen LogP contribution in [0.15, 0.2) is 22.0 Å². The highest BCUT2D eigenvalue weighted by molar-refractivity contribution is 9.11. The molecule has 0 radical (unpaired) electrons. The van der Waals surface area contributed by atoms with Crippen LogP contribution in [-0.2, 0) is 9.53 Å². The monoisotopic (exact) mass is 303 g/mol. The predicted octanol–water partition coefficient (Wildman–Crippen LogP) is 2.67. The van der Waals surface area contributed by atoms with Crippen molar-refractivity contribution in [1.29, 1.82) is 0 Å². The van der Waals surface area contributed by atoms with Crippen LogP contribution in [0, 0.1) is 0 Å². The number of thiophene rings is 1. The van der Waals surface area contributed by atoms with Crippen molar-refractivity contribution in [3.05, 3.63) is 26.9 Å². The fourth-order valence-electron chi connectivity index (χ4n) is 1.16. The average Bonchev–Trinajstić information content (AvgIpc) is 2.61.